The highest BCUT2D eigenvalue weighted by Gasteiger charge is 2.20. The first kappa shape index (κ1) is 27.1. The second-order valence-electron chi connectivity index (χ2n) is 9.53. The van der Waals surface area contributed by atoms with Gasteiger partial charge in [0.2, 0.25) is 17.8 Å². The first-order valence-corrected chi connectivity index (χ1v) is 14.4. The first-order valence-electron chi connectivity index (χ1n) is 13.3. The van der Waals surface area contributed by atoms with E-state index in [2.05, 4.69) is 52.9 Å². The summed E-state index contributed by atoms with van der Waals surface area (Å²) >= 11 is 2.16. The fourth-order valence-corrected chi connectivity index (χ4v) is 5.21. The van der Waals surface area contributed by atoms with Gasteiger partial charge in [0.15, 0.2) is 11.5 Å². The van der Waals surface area contributed by atoms with Crippen molar-refractivity contribution in [3.8, 4) is 11.5 Å². The number of carbonyl (C=O) groups excluding carboxylic acids is 1. The lowest BCUT2D eigenvalue weighted by molar-refractivity contribution is 0.0729. The molecule has 204 valence electrons. The van der Waals surface area contributed by atoms with Gasteiger partial charge >= 0.3 is 5.97 Å². The number of nitrogens with zero attached hydrogens (tertiary/aromatic N) is 6. The van der Waals surface area contributed by atoms with Gasteiger partial charge in [0.1, 0.15) is 0 Å². The van der Waals surface area contributed by atoms with E-state index >= 15 is 0 Å². The zero-order valence-electron chi connectivity index (χ0n) is 22.0. The van der Waals surface area contributed by atoms with E-state index in [0.717, 1.165) is 61.0 Å². The van der Waals surface area contributed by atoms with Gasteiger partial charge in [0, 0.05) is 29.7 Å². The van der Waals surface area contributed by atoms with Crippen LogP contribution in [0.1, 0.15) is 54.4 Å². The van der Waals surface area contributed by atoms with E-state index in [1.54, 1.807) is 36.5 Å². The molecule has 0 saturated carbocycles. The van der Waals surface area contributed by atoms with Crippen molar-refractivity contribution in [1.29, 1.82) is 0 Å². The second-order valence-corrected chi connectivity index (χ2v) is 10.8. The average Bonchev–Trinajstić information content (AvgIpc) is 2.98. The lowest BCUT2D eigenvalue weighted by atomic mass is 10.1. The van der Waals surface area contributed by atoms with E-state index in [4.69, 9.17) is 14.5 Å². The molecular formula is C28H32IN7O3. The van der Waals surface area contributed by atoms with Crippen LogP contribution in [0, 0.1) is 3.57 Å². The Labute approximate surface area is 242 Å². The predicted octanol–water partition coefficient (Wildman–Crippen LogP) is 5.13. The molecule has 2 saturated heterocycles. The lowest BCUT2D eigenvalue weighted by Crippen LogP contribution is -2.34. The lowest BCUT2D eigenvalue weighted by Gasteiger charge is -2.30. The van der Waals surface area contributed by atoms with Crippen molar-refractivity contribution in [2.45, 2.75) is 38.5 Å². The molecule has 10 nitrogen and oxygen atoms in total. The van der Waals surface area contributed by atoms with Crippen LogP contribution >= 0.6 is 22.6 Å². The number of piperidine rings is 2. The number of halogens is 1. The molecule has 1 N–H and O–H groups in total. The van der Waals surface area contributed by atoms with Crippen molar-refractivity contribution >= 4 is 52.6 Å². The standard InChI is InChI=1S/C28H32IN7O3/c1-38-24-17-20(11-12-23(24)39-25(37)21-9-8-10-22(29)18-21)19-30-34-26-31-27(35-13-4-2-5-14-35)33-28(32-26)36-15-6-3-7-16-36/h8-12,17-19H,2-7,13-16H2,1H3,(H,31,32,33,34). The van der Waals surface area contributed by atoms with E-state index < -0.39 is 5.97 Å². The minimum absolute atomic E-state index is 0.335. The van der Waals surface area contributed by atoms with Crippen LogP contribution in [-0.2, 0) is 0 Å². The van der Waals surface area contributed by atoms with Gasteiger partial charge in [0.25, 0.3) is 0 Å². The van der Waals surface area contributed by atoms with Crippen molar-refractivity contribution in [2.24, 2.45) is 5.10 Å². The SMILES string of the molecule is COc1cc(C=NNc2nc(N3CCCCC3)nc(N3CCCCC3)n2)ccc1OC(=O)c1cccc(I)c1. The van der Waals surface area contributed by atoms with Crippen LogP contribution in [-0.4, -0.2) is 60.4 Å². The topological polar surface area (TPSA) is 105 Å². The van der Waals surface area contributed by atoms with Crippen molar-refractivity contribution in [3.63, 3.8) is 0 Å². The smallest absolute Gasteiger partial charge is 0.343 e. The number of aromatic nitrogens is 3. The minimum Gasteiger partial charge on any atom is -0.493 e. The fourth-order valence-electron chi connectivity index (χ4n) is 4.66. The molecule has 5 rings (SSSR count). The molecule has 0 bridgehead atoms. The van der Waals surface area contributed by atoms with Crippen molar-refractivity contribution in [1.82, 2.24) is 15.0 Å². The Bertz CT molecular complexity index is 1290. The van der Waals surface area contributed by atoms with Gasteiger partial charge in [0.05, 0.1) is 18.9 Å². The molecule has 11 heteroatoms. The molecule has 0 spiro atoms. The van der Waals surface area contributed by atoms with Crippen LogP contribution in [0.25, 0.3) is 0 Å². The summed E-state index contributed by atoms with van der Waals surface area (Å²) in [7, 11) is 1.53. The quantitative estimate of drug-likeness (QED) is 0.118. The number of hydrogen-bond donors (Lipinski definition) is 1. The number of esters is 1. The van der Waals surface area contributed by atoms with Crippen LogP contribution in [0.5, 0.6) is 11.5 Å². The van der Waals surface area contributed by atoms with Crippen LogP contribution < -0.4 is 24.7 Å². The summed E-state index contributed by atoms with van der Waals surface area (Å²) in [5.74, 6) is 2.13. The Morgan fingerprint density at radius 1 is 0.897 bits per heavy atom. The number of nitrogens with one attached hydrogen (secondary N) is 1. The molecule has 2 aliphatic rings. The summed E-state index contributed by atoms with van der Waals surface area (Å²) in [6, 6.07) is 12.5. The van der Waals surface area contributed by atoms with E-state index in [9.17, 15) is 4.79 Å². The zero-order valence-corrected chi connectivity index (χ0v) is 24.1. The van der Waals surface area contributed by atoms with Crippen LogP contribution in [0.4, 0.5) is 17.8 Å². The molecule has 0 unspecified atom stereocenters. The maximum Gasteiger partial charge on any atom is 0.343 e. The molecule has 1 aromatic heterocycles. The normalized spacial score (nSPS) is 15.8. The van der Waals surface area contributed by atoms with E-state index in [0.29, 0.717) is 34.9 Å². The molecule has 2 aliphatic heterocycles. The Morgan fingerprint density at radius 2 is 1.56 bits per heavy atom. The van der Waals surface area contributed by atoms with Crippen molar-refractivity contribution in [3.05, 3.63) is 57.2 Å². The monoisotopic (exact) mass is 641 g/mol. The molecular weight excluding hydrogens is 609 g/mol. The number of hydrogen-bond acceptors (Lipinski definition) is 10. The highest BCUT2D eigenvalue weighted by Crippen LogP contribution is 2.29. The molecule has 0 radical (unpaired) electrons. The number of methoxy groups -OCH3 is 1. The molecule has 0 atom stereocenters. The Hall–Kier alpha value is -3.48. The summed E-state index contributed by atoms with van der Waals surface area (Å²) in [5, 5.41) is 4.38. The number of ether oxygens (including phenoxy) is 2. The van der Waals surface area contributed by atoms with E-state index in [-0.39, 0.29) is 0 Å². The summed E-state index contributed by atoms with van der Waals surface area (Å²) in [6.07, 6.45) is 8.70. The first-order chi connectivity index (χ1) is 19.1. The zero-order chi connectivity index (χ0) is 27.0. The molecule has 0 amide bonds. The number of rotatable bonds is 8. The summed E-state index contributed by atoms with van der Waals surface area (Å²) in [6.45, 7) is 3.80. The summed E-state index contributed by atoms with van der Waals surface area (Å²) in [4.78, 5) is 31.2. The largest absolute Gasteiger partial charge is 0.493 e. The number of anilines is 3. The highest BCUT2D eigenvalue weighted by molar-refractivity contribution is 14.1. The highest BCUT2D eigenvalue weighted by atomic mass is 127. The van der Waals surface area contributed by atoms with Gasteiger partial charge in [-0.15, -0.1) is 0 Å². The second kappa shape index (κ2) is 13.0. The third-order valence-corrected chi connectivity index (χ3v) is 7.39. The Kier molecular flexibility index (Phi) is 9.07. The van der Waals surface area contributed by atoms with E-state index in [1.165, 1.54) is 20.0 Å². The van der Waals surface area contributed by atoms with Gasteiger partial charge in [-0.2, -0.15) is 20.1 Å². The van der Waals surface area contributed by atoms with Crippen LogP contribution in [0.15, 0.2) is 47.6 Å². The van der Waals surface area contributed by atoms with Gasteiger partial charge in [-0.1, -0.05) is 6.07 Å². The molecule has 3 heterocycles. The number of carbonyl (C=O) groups is 1. The number of benzene rings is 2. The maximum absolute atomic E-state index is 12.6. The average molecular weight is 642 g/mol. The van der Waals surface area contributed by atoms with Crippen LogP contribution in [0.2, 0.25) is 0 Å². The third kappa shape index (κ3) is 7.14. The van der Waals surface area contributed by atoms with Crippen molar-refractivity contribution < 1.29 is 14.3 Å². The predicted molar refractivity (Wildman–Crippen MR) is 160 cm³/mol. The molecule has 2 fully saturated rings. The summed E-state index contributed by atoms with van der Waals surface area (Å²) < 4.78 is 12.0. The van der Waals surface area contributed by atoms with Crippen LogP contribution in [0.3, 0.4) is 0 Å². The number of hydrazone groups is 1. The molecule has 0 aliphatic carbocycles. The van der Waals surface area contributed by atoms with Gasteiger partial charge in [-0.25, -0.2) is 10.2 Å². The molecule has 39 heavy (non-hydrogen) atoms. The Balaban J connectivity index is 1.30. The minimum atomic E-state index is -0.446. The molecule has 3 aromatic rings. The molecule has 2 aromatic carbocycles. The Morgan fingerprint density at radius 3 is 2.18 bits per heavy atom. The third-order valence-electron chi connectivity index (χ3n) is 6.72. The van der Waals surface area contributed by atoms with Gasteiger partial charge in [-0.05, 0) is 103 Å². The van der Waals surface area contributed by atoms with E-state index in [1.807, 2.05) is 12.1 Å². The maximum atomic E-state index is 12.6. The van der Waals surface area contributed by atoms with Crippen molar-refractivity contribution in [2.75, 3.05) is 48.5 Å². The summed E-state index contributed by atoms with van der Waals surface area (Å²) in [5.41, 5.74) is 4.23. The van der Waals surface area contributed by atoms with Gasteiger partial charge < -0.3 is 19.3 Å². The fraction of sp³-hybridized carbons (Fsp3) is 0.393. The van der Waals surface area contributed by atoms with Gasteiger partial charge in [-0.3, -0.25) is 0 Å².